The summed E-state index contributed by atoms with van der Waals surface area (Å²) in [6.07, 6.45) is 0.322. The monoisotopic (exact) mass is 303 g/mol. The third kappa shape index (κ3) is 2.94. The molecule has 1 amide bonds. The molecule has 3 rings (SSSR count). The zero-order chi connectivity index (χ0) is 15.9. The molecule has 0 bridgehead atoms. The van der Waals surface area contributed by atoms with E-state index in [2.05, 4.69) is 15.1 Å². The van der Waals surface area contributed by atoms with Crippen molar-refractivity contribution >= 4 is 11.7 Å². The molecule has 0 aromatic carbocycles. The molecule has 3 heterocycles. The van der Waals surface area contributed by atoms with Crippen LogP contribution in [0.2, 0.25) is 0 Å². The van der Waals surface area contributed by atoms with E-state index in [9.17, 15) is 4.79 Å². The normalized spacial score (nSPS) is 22.3. The summed E-state index contributed by atoms with van der Waals surface area (Å²) in [5, 5.41) is 4.39. The maximum Gasteiger partial charge on any atom is 0.252 e. The third-order valence-electron chi connectivity index (χ3n) is 3.74. The molecule has 2 atom stereocenters. The Bertz CT molecular complexity index is 701. The number of morpholine rings is 1. The molecule has 2 aromatic heterocycles. The van der Waals surface area contributed by atoms with Gasteiger partial charge in [-0.05, 0) is 33.8 Å². The van der Waals surface area contributed by atoms with Gasteiger partial charge in [0, 0.05) is 24.5 Å². The van der Waals surface area contributed by atoms with Gasteiger partial charge in [0.2, 0.25) is 5.91 Å². The number of amides is 1. The van der Waals surface area contributed by atoms with Crippen molar-refractivity contribution in [2.24, 2.45) is 0 Å². The van der Waals surface area contributed by atoms with Crippen LogP contribution in [0.3, 0.4) is 0 Å². The molecule has 2 aromatic rings. The van der Waals surface area contributed by atoms with Crippen LogP contribution in [0.25, 0.3) is 5.78 Å². The van der Waals surface area contributed by atoms with E-state index in [0.29, 0.717) is 24.7 Å². The van der Waals surface area contributed by atoms with E-state index in [1.807, 2.05) is 38.7 Å². The van der Waals surface area contributed by atoms with E-state index in [4.69, 9.17) is 4.74 Å². The number of aromatic nitrogens is 4. The minimum atomic E-state index is 0.0345. The number of hydrogen-bond donors (Lipinski definition) is 0. The molecular formula is C15H21N5O2. The predicted octanol–water partition coefficient (Wildman–Crippen LogP) is 0.919. The molecule has 118 valence electrons. The molecule has 22 heavy (non-hydrogen) atoms. The number of carbonyl (C=O) groups excluding carboxylic acids is 1. The van der Waals surface area contributed by atoms with Crippen molar-refractivity contribution in [1.29, 1.82) is 0 Å². The van der Waals surface area contributed by atoms with Gasteiger partial charge in [0.15, 0.2) is 5.82 Å². The summed E-state index contributed by atoms with van der Waals surface area (Å²) < 4.78 is 7.34. The predicted molar refractivity (Wildman–Crippen MR) is 80.5 cm³/mol. The van der Waals surface area contributed by atoms with Gasteiger partial charge in [0.25, 0.3) is 5.78 Å². The summed E-state index contributed by atoms with van der Waals surface area (Å²) in [5.74, 6) is 1.09. The minimum absolute atomic E-state index is 0.0345. The molecule has 7 nitrogen and oxygen atoms in total. The van der Waals surface area contributed by atoms with Crippen LogP contribution < -0.4 is 0 Å². The Balaban J connectivity index is 1.78. The minimum Gasteiger partial charge on any atom is -0.372 e. The van der Waals surface area contributed by atoms with Crippen molar-refractivity contribution in [1.82, 2.24) is 24.5 Å². The molecule has 1 aliphatic heterocycles. The van der Waals surface area contributed by atoms with Crippen LogP contribution >= 0.6 is 0 Å². The number of ether oxygens (including phenoxy) is 1. The molecule has 0 aliphatic carbocycles. The van der Waals surface area contributed by atoms with Crippen LogP contribution in [0, 0.1) is 13.8 Å². The summed E-state index contributed by atoms with van der Waals surface area (Å²) in [6.45, 7) is 9.07. The van der Waals surface area contributed by atoms with Gasteiger partial charge < -0.3 is 9.64 Å². The second-order valence-electron chi connectivity index (χ2n) is 6.01. The second kappa shape index (κ2) is 5.64. The van der Waals surface area contributed by atoms with Crippen molar-refractivity contribution in [3.63, 3.8) is 0 Å². The molecule has 0 saturated carbocycles. The SMILES string of the molecule is Cc1cc(C)n2nc(CC(=O)N3C[C@@H](C)O[C@@H](C)C3)nc2n1. The molecule has 0 spiro atoms. The van der Waals surface area contributed by atoms with Crippen LogP contribution in [0.1, 0.15) is 31.1 Å². The highest BCUT2D eigenvalue weighted by Gasteiger charge is 2.26. The Morgan fingerprint density at radius 1 is 1.27 bits per heavy atom. The topological polar surface area (TPSA) is 72.6 Å². The summed E-state index contributed by atoms with van der Waals surface area (Å²) >= 11 is 0. The van der Waals surface area contributed by atoms with Gasteiger partial charge in [0.1, 0.15) is 0 Å². The fourth-order valence-corrected chi connectivity index (χ4v) is 2.91. The number of nitrogens with zero attached hydrogens (tertiary/aromatic N) is 5. The van der Waals surface area contributed by atoms with Crippen LogP contribution in [0.15, 0.2) is 6.07 Å². The Morgan fingerprint density at radius 2 is 1.95 bits per heavy atom. The molecule has 1 fully saturated rings. The fourth-order valence-electron chi connectivity index (χ4n) is 2.91. The Morgan fingerprint density at radius 3 is 2.64 bits per heavy atom. The maximum absolute atomic E-state index is 12.4. The zero-order valence-corrected chi connectivity index (χ0v) is 13.4. The van der Waals surface area contributed by atoms with Gasteiger partial charge >= 0.3 is 0 Å². The van der Waals surface area contributed by atoms with E-state index < -0.39 is 0 Å². The summed E-state index contributed by atoms with van der Waals surface area (Å²) in [6, 6.07) is 1.94. The molecule has 0 N–H and O–H groups in total. The van der Waals surface area contributed by atoms with Crippen LogP contribution in [0.4, 0.5) is 0 Å². The lowest BCUT2D eigenvalue weighted by Gasteiger charge is -2.35. The van der Waals surface area contributed by atoms with Crippen molar-refractivity contribution in [3.8, 4) is 0 Å². The van der Waals surface area contributed by atoms with E-state index in [0.717, 1.165) is 11.4 Å². The first-order valence-electron chi connectivity index (χ1n) is 7.55. The molecule has 1 saturated heterocycles. The lowest BCUT2D eigenvalue weighted by atomic mass is 10.2. The van der Waals surface area contributed by atoms with Gasteiger partial charge in [-0.3, -0.25) is 4.79 Å². The van der Waals surface area contributed by atoms with E-state index >= 15 is 0 Å². The Labute approximate surface area is 129 Å². The third-order valence-corrected chi connectivity index (χ3v) is 3.74. The van der Waals surface area contributed by atoms with Crippen molar-refractivity contribution in [2.75, 3.05) is 13.1 Å². The first kappa shape index (κ1) is 14.9. The molecule has 7 heteroatoms. The summed E-state index contributed by atoms with van der Waals surface area (Å²) in [7, 11) is 0. The molecule has 0 radical (unpaired) electrons. The highest BCUT2D eigenvalue weighted by atomic mass is 16.5. The van der Waals surface area contributed by atoms with Gasteiger partial charge in [0.05, 0.1) is 18.6 Å². The highest BCUT2D eigenvalue weighted by molar-refractivity contribution is 5.78. The number of rotatable bonds is 2. The first-order valence-corrected chi connectivity index (χ1v) is 7.55. The zero-order valence-electron chi connectivity index (χ0n) is 13.4. The van der Waals surface area contributed by atoms with Gasteiger partial charge in [-0.15, -0.1) is 5.10 Å². The Kier molecular flexibility index (Phi) is 3.82. The van der Waals surface area contributed by atoms with E-state index in [1.54, 1.807) is 4.52 Å². The highest BCUT2D eigenvalue weighted by Crippen LogP contribution is 2.12. The van der Waals surface area contributed by atoms with Gasteiger partial charge in [-0.25, -0.2) is 9.50 Å². The number of aryl methyl sites for hydroxylation is 2. The van der Waals surface area contributed by atoms with Gasteiger partial charge in [-0.2, -0.15) is 4.98 Å². The van der Waals surface area contributed by atoms with Crippen LogP contribution in [0.5, 0.6) is 0 Å². The van der Waals surface area contributed by atoms with E-state index in [-0.39, 0.29) is 24.5 Å². The maximum atomic E-state index is 12.4. The first-order chi connectivity index (χ1) is 10.4. The molecule has 1 aliphatic rings. The molecular weight excluding hydrogens is 282 g/mol. The average molecular weight is 303 g/mol. The van der Waals surface area contributed by atoms with Gasteiger partial charge in [-0.1, -0.05) is 0 Å². The van der Waals surface area contributed by atoms with Crippen molar-refractivity contribution in [3.05, 3.63) is 23.3 Å². The lowest BCUT2D eigenvalue weighted by Crippen LogP contribution is -2.48. The smallest absolute Gasteiger partial charge is 0.252 e. The second-order valence-corrected chi connectivity index (χ2v) is 6.01. The number of hydrogen-bond acceptors (Lipinski definition) is 5. The summed E-state index contributed by atoms with van der Waals surface area (Å²) in [5.41, 5.74) is 1.86. The van der Waals surface area contributed by atoms with Crippen molar-refractivity contribution < 1.29 is 9.53 Å². The largest absolute Gasteiger partial charge is 0.372 e. The van der Waals surface area contributed by atoms with Crippen molar-refractivity contribution in [2.45, 2.75) is 46.3 Å². The lowest BCUT2D eigenvalue weighted by molar-refractivity contribution is -0.142. The summed E-state index contributed by atoms with van der Waals surface area (Å²) in [4.78, 5) is 23.0. The van der Waals surface area contributed by atoms with Crippen LogP contribution in [-0.2, 0) is 16.0 Å². The standard InChI is InChI=1S/C15H21N5O2/c1-9-5-10(2)20-15(16-9)17-13(18-20)6-14(21)19-7-11(3)22-12(4)8-19/h5,11-12H,6-8H2,1-4H3/t11-,12+. The quantitative estimate of drug-likeness (QED) is 0.825. The average Bonchev–Trinajstić information content (AvgIpc) is 2.80. The molecule has 0 unspecified atom stereocenters. The van der Waals surface area contributed by atoms with Crippen LogP contribution in [-0.4, -0.2) is 55.7 Å². The number of carbonyl (C=O) groups is 1. The van der Waals surface area contributed by atoms with E-state index in [1.165, 1.54) is 0 Å². The number of fused-ring (bicyclic) bond motifs is 1. The fraction of sp³-hybridized carbons (Fsp3) is 0.600. The Hall–Kier alpha value is -2.02.